The van der Waals surface area contributed by atoms with Crippen LogP contribution in [0.5, 0.6) is 0 Å². The molecule has 0 saturated carbocycles. The summed E-state index contributed by atoms with van der Waals surface area (Å²) in [6, 6.07) is 15.7. The summed E-state index contributed by atoms with van der Waals surface area (Å²) in [5.74, 6) is 0. The lowest BCUT2D eigenvalue weighted by molar-refractivity contribution is 0.703. The molecule has 2 aromatic carbocycles. The lowest BCUT2D eigenvalue weighted by atomic mass is 10.2. The van der Waals surface area contributed by atoms with Crippen molar-refractivity contribution in [3.63, 3.8) is 0 Å². The van der Waals surface area contributed by atoms with Crippen molar-refractivity contribution in [2.45, 2.75) is 6.54 Å². The first-order valence-electron chi connectivity index (χ1n) is 6.68. The molecule has 0 radical (unpaired) electrons. The zero-order valence-corrected chi connectivity index (χ0v) is 12.9. The third-order valence-electron chi connectivity index (χ3n) is 3.24. The van der Waals surface area contributed by atoms with Crippen molar-refractivity contribution in [1.82, 2.24) is 9.55 Å². The lowest BCUT2D eigenvalue weighted by Crippen LogP contribution is -2.12. The van der Waals surface area contributed by atoms with Gasteiger partial charge in [-0.3, -0.25) is 0 Å². The van der Waals surface area contributed by atoms with Crippen LogP contribution in [-0.4, -0.2) is 16.1 Å². The Kier molecular flexibility index (Phi) is 4.18. The van der Waals surface area contributed by atoms with E-state index in [-0.39, 0.29) is 0 Å². The minimum absolute atomic E-state index is 0.676. The standard InChI is InChI=1S/C16H14ClN3S/c17-12-6-7-15-14(10-12)16(21)20(11-19-15)9-8-18-13-4-2-1-3-5-13/h1-7,10-11,18H,8-9H2. The number of fused-ring (bicyclic) bond motifs is 1. The minimum atomic E-state index is 0.676. The van der Waals surface area contributed by atoms with Gasteiger partial charge in [0.05, 0.1) is 11.8 Å². The quantitative estimate of drug-likeness (QED) is 0.717. The molecule has 1 N–H and O–H groups in total. The van der Waals surface area contributed by atoms with E-state index in [1.807, 2.05) is 53.1 Å². The van der Waals surface area contributed by atoms with E-state index in [1.165, 1.54) is 0 Å². The highest BCUT2D eigenvalue weighted by atomic mass is 35.5. The Balaban J connectivity index is 1.78. The van der Waals surface area contributed by atoms with Crippen LogP contribution in [0.4, 0.5) is 5.69 Å². The number of halogens is 1. The van der Waals surface area contributed by atoms with Crippen LogP contribution in [0.15, 0.2) is 54.9 Å². The van der Waals surface area contributed by atoms with Gasteiger partial charge in [0.25, 0.3) is 0 Å². The molecular weight excluding hydrogens is 302 g/mol. The third-order valence-corrected chi connectivity index (χ3v) is 3.93. The summed E-state index contributed by atoms with van der Waals surface area (Å²) in [6.45, 7) is 1.54. The first-order chi connectivity index (χ1) is 10.2. The van der Waals surface area contributed by atoms with Gasteiger partial charge in [0.1, 0.15) is 4.64 Å². The minimum Gasteiger partial charge on any atom is -0.383 e. The summed E-state index contributed by atoms with van der Waals surface area (Å²) in [6.07, 6.45) is 1.78. The number of hydrogen-bond donors (Lipinski definition) is 1. The van der Waals surface area contributed by atoms with Crippen LogP contribution in [-0.2, 0) is 6.54 Å². The van der Waals surface area contributed by atoms with Crippen molar-refractivity contribution >= 4 is 40.4 Å². The van der Waals surface area contributed by atoms with Crippen molar-refractivity contribution in [2.75, 3.05) is 11.9 Å². The van der Waals surface area contributed by atoms with Crippen LogP contribution < -0.4 is 5.32 Å². The zero-order chi connectivity index (χ0) is 14.7. The summed E-state index contributed by atoms with van der Waals surface area (Å²) in [5, 5.41) is 4.95. The van der Waals surface area contributed by atoms with Crippen LogP contribution in [0.1, 0.15) is 0 Å². The molecule has 0 unspecified atom stereocenters. The highest BCUT2D eigenvalue weighted by Gasteiger charge is 2.02. The van der Waals surface area contributed by atoms with E-state index < -0.39 is 0 Å². The summed E-state index contributed by atoms with van der Waals surface area (Å²) in [5.41, 5.74) is 1.97. The van der Waals surface area contributed by atoms with Crippen LogP contribution in [0.3, 0.4) is 0 Å². The summed E-state index contributed by atoms with van der Waals surface area (Å²) in [4.78, 5) is 4.42. The second-order valence-corrected chi connectivity index (χ2v) is 5.52. The van der Waals surface area contributed by atoms with Crippen molar-refractivity contribution in [3.8, 4) is 0 Å². The van der Waals surface area contributed by atoms with E-state index >= 15 is 0 Å². The van der Waals surface area contributed by atoms with Crippen molar-refractivity contribution in [2.24, 2.45) is 0 Å². The second-order valence-electron chi connectivity index (χ2n) is 4.70. The number of hydrogen-bond acceptors (Lipinski definition) is 3. The Hall–Kier alpha value is -1.91. The normalized spacial score (nSPS) is 10.7. The Morgan fingerprint density at radius 1 is 1.14 bits per heavy atom. The van der Waals surface area contributed by atoms with Crippen molar-refractivity contribution < 1.29 is 0 Å². The maximum Gasteiger partial charge on any atom is 0.116 e. The van der Waals surface area contributed by atoms with Crippen molar-refractivity contribution in [3.05, 3.63) is 64.5 Å². The topological polar surface area (TPSA) is 29.9 Å². The fraction of sp³-hybridized carbons (Fsp3) is 0.125. The highest BCUT2D eigenvalue weighted by Crippen LogP contribution is 2.18. The average Bonchev–Trinajstić information content (AvgIpc) is 2.51. The number of para-hydroxylation sites is 1. The molecule has 3 rings (SSSR count). The number of nitrogens with zero attached hydrogens (tertiary/aromatic N) is 2. The fourth-order valence-electron chi connectivity index (χ4n) is 2.17. The Bertz CT molecular complexity index is 815. The lowest BCUT2D eigenvalue weighted by Gasteiger charge is -2.10. The van der Waals surface area contributed by atoms with Gasteiger partial charge in [-0.1, -0.05) is 42.0 Å². The molecule has 106 valence electrons. The zero-order valence-electron chi connectivity index (χ0n) is 11.3. The first kappa shape index (κ1) is 14.0. The second kappa shape index (κ2) is 6.24. The monoisotopic (exact) mass is 315 g/mol. The summed E-state index contributed by atoms with van der Waals surface area (Å²) in [7, 11) is 0. The van der Waals surface area contributed by atoms with E-state index in [1.54, 1.807) is 6.33 Å². The number of rotatable bonds is 4. The third kappa shape index (κ3) is 3.23. The number of anilines is 1. The molecule has 0 saturated heterocycles. The molecule has 5 heteroatoms. The SMILES string of the molecule is S=c1c2cc(Cl)ccc2ncn1CCNc1ccccc1. The molecule has 21 heavy (non-hydrogen) atoms. The molecule has 1 heterocycles. The predicted octanol–water partition coefficient (Wildman–Crippen LogP) is 4.53. The van der Waals surface area contributed by atoms with Gasteiger partial charge >= 0.3 is 0 Å². The fourth-order valence-corrected chi connectivity index (χ4v) is 2.64. The number of benzene rings is 2. The molecular formula is C16H14ClN3S. The summed E-state index contributed by atoms with van der Waals surface area (Å²) < 4.78 is 2.72. The molecule has 0 amide bonds. The average molecular weight is 316 g/mol. The van der Waals surface area contributed by atoms with Crippen LogP contribution in [0.25, 0.3) is 10.9 Å². The maximum atomic E-state index is 6.03. The highest BCUT2D eigenvalue weighted by molar-refractivity contribution is 7.71. The van der Waals surface area contributed by atoms with Gasteiger partial charge in [-0.25, -0.2) is 4.98 Å². The van der Waals surface area contributed by atoms with Gasteiger partial charge in [0, 0.05) is 29.2 Å². The molecule has 0 fully saturated rings. The Morgan fingerprint density at radius 3 is 2.76 bits per heavy atom. The van der Waals surface area contributed by atoms with Crippen LogP contribution in [0.2, 0.25) is 5.02 Å². The van der Waals surface area contributed by atoms with E-state index in [2.05, 4.69) is 10.3 Å². The van der Waals surface area contributed by atoms with Gasteiger partial charge in [-0.15, -0.1) is 0 Å². The van der Waals surface area contributed by atoms with Gasteiger partial charge in [-0.2, -0.15) is 0 Å². The van der Waals surface area contributed by atoms with E-state index in [4.69, 9.17) is 23.8 Å². The van der Waals surface area contributed by atoms with Crippen LogP contribution >= 0.6 is 23.8 Å². The van der Waals surface area contributed by atoms with Gasteiger partial charge < -0.3 is 9.88 Å². The molecule has 0 spiro atoms. The van der Waals surface area contributed by atoms with Gasteiger partial charge in [0.2, 0.25) is 0 Å². The molecule has 0 bridgehead atoms. The maximum absolute atomic E-state index is 6.03. The van der Waals surface area contributed by atoms with E-state index in [9.17, 15) is 0 Å². The molecule has 1 aromatic heterocycles. The molecule has 3 nitrogen and oxygen atoms in total. The van der Waals surface area contributed by atoms with E-state index in [0.29, 0.717) is 5.02 Å². The number of nitrogens with one attached hydrogen (secondary N) is 1. The smallest absolute Gasteiger partial charge is 0.116 e. The first-order valence-corrected chi connectivity index (χ1v) is 7.46. The summed E-state index contributed by atoms with van der Waals surface area (Å²) >= 11 is 11.6. The van der Waals surface area contributed by atoms with Crippen molar-refractivity contribution in [1.29, 1.82) is 0 Å². The number of aromatic nitrogens is 2. The molecule has 0 aliphatic carbocycles. The van der Waals surface area contributed by atoms with Crippen LogP contribution in [0, 0.1) is 4.64 Å². The largest absolute Gasteiger partial charge is 0.383 e. The molecule has 0 aliphatic rings. The molecule has 0 aliphatic heterocycles. The van der Waals surface area contributed by atoms with Gasteiger partial charge in [-0.05, 0) is 30.3 Å². The molecule has 0 atom stereocenters. The van der Waals surface area contributed by atoms with E-state index in [0.717, 1.165) is 34.3 Å². The Morgan fingerprint density at radius 2 is 1.95 bits per heavy atom. The molecule has 3 aromatic rings. The Labute approximate surface area is 133 Å². The van der Waals surface area contributed by atoms with Gasteiger partial charge in [0.15, 0.2) is 0 Å². The predicted molar refractivity (Wildman–Crippen MR) is 90.5 cm³/mol.